The Morgan fingerprint density at radius 2 is 1.62 bits per heavy atom. The molecule has 2 aliphatic rings. The fourth-order valence-corrected chi connectivity index (χ4v) is 4.81. The molecule has 2 fully saturated rings. The van der Waals surface area contributed by atoms with Crippen molar-refractivity contribution in [2.24, 2.45) is 17.6 Å². The first-order valence-corrected chi connectivity index (χ1v) is 10.8. The molecule has 2 N–H and O–H groups in total. The number of primary amides is 1. The van der Waals surface area contributed by atoms with Crippen LogP contribution in [-0.4, -0.2) is 53.5 Å². The van der Waals surface area contributed by atoms with Gasteiger partial charge in [-0.2, -0.15) is 0 Å². The molecule has 1 amide bonds. The Hall–Kier alpha value is -2.47. The van der Waals surface area contributed by atoms with E-state index in [-0.39, 0.29) is 5.69 Å². The maximum atomic E-state index is 11.3. The number of anilines is 1. The minimum atomic E-state index is -0.520. The van der Waals surface area contributed by atoms with Gasteiger partial charge in [0.25, 0.3) is 5.91 Å². The van der Waals surface area contributed by atoms with Crippen LogP contribution in [0, 0.1) is 11.8 Å². The molecule has 0 spiro atoms. The van der Waals surface area contributed by atoms with Gasteiger partial charge in [0.05, 0.1) is 12.4 Å². The second kappa shape index (κ2) is 9.35. The number of nitrogens with two attached hydrogens (primary N) is 1. The Kier molecular flexibility index (Phi) is 6.39. The average molecular weight is 394 g/mol. The molecular formula is C23H31N5O. The van der Waals surface area contributed by atoms with E-state index in [1.165, 1.54) is 57.1 Å². The summed E-state index contributed by atoms with van der Waals surface area (Å²) in [6, 6.07) is 10.8. The van der Waals surface area contributed by atoms with E-state index in [1.807, 2.05) is 0 Å². The van der Waals surface area contributed by atoms with Gasteiger partial charge in [0.1, 0.15) is 11.5 Å². The lowest BCUT2D eigenvalue weighted by molar-refractivity contribution is 0.0995. The van der Waals surface area contributed by atoms with Gasteiger partial charge in [0.15, 0.2) is 0 Å². The highest BCUT2D eigenvalue weighted by Gasteiger charge is 2.30. The number of rotatable bonds is 6. The summed E-state index contributed by atoms with van der Waals surface area (Å²) in [5, 5.41) is 0. The first-order valence-electron chi connectivity index (χ1n) is 10.8. The van der Waals surface area contributed by atoms with Gasteiger partial charge in [-0.1, -0.05) is 30.3 Å². The Labute approximate surface area is 173 Å². The highest BCUT2D eigenvalue weighted by atomic mass is 16.1. The molecule has 2 aromatic rings. The third-order valence-corrected chi connectivity index (χ3v) is 6.60. The van der Waals surface area contributed by atoms with Crippen molar-refractivity contribution in [2.75, 3.05) is 37.6 Å². The SMILES string of the molecule is NC(=O)c1cncc(N2CCC(C3CCN(CCc4ccccc4)CC3)CC2)n1. The summed E-state index contributed by atoms with van der Waals surface area (Å²) in [5.74, 6) is 1.90. The highest BCUT2D eigenvalue weighted by molar-refractivity contribution is 5.90. The van der Waals surface area contributed by atoms with Crippen molar-refractivity contribution in [2.45, 2.75) is 32.1 Å². The summed E-state index contributed by atoms with van der Waals surface area (Å²) in [6.07, 6.45) is 9.33. The number of hydrogen-bond acceptors (Lipinski definition) is 5. The normalized spacial score (nSPS) is 19.4. The van der Waals surface area contributed by atoms with Crippen molar-refractivity contribution in [1.82, 2.24) is 14.9 Å². The van der Waals surface area contributed by atoms with Gasteiger partial charge < -0.3 is 15.5 Å². The first-order chi connectivity index (χ1) is 14.2. The van der Waals surface area contributed by atoms with E-state index in [4.69, 9.17) is 5.73 Å². The van der Waals surface area contributed by atoms with E-state index in [0.717, 1.165) is 37.2 Å². The van der Waals surface area contributed by atoms with Crippen molar-refractivity contribution in [3.63, 3.8) is 0 Å². The van der Waals surface area contributed by atoms with E-state index in [0.29, 0.717) is 0 Å². The van der Waals surface area contributed by atoms with Crippen LogP contribution in [0.15, 0.2) is 42.7 Å². The summed E-state index contributed by atoms with van der Waals surface area (Å²) >= 11 is 0. The second-order valence-corrected chi connectivity index (χ2v) is 8.37. The van der Waals surface area contributed by atoms with Crippen molar-refractivity contribution in [3.8, 4) is 0 Å². The van der Waals surface area contributed by atoms with Gasteiger partial charge in [-0.3, -0.25) is 9.78 Å². The van der Waals surface area contributed by atoms with Crippen LogP contribution < -0.4 is 10.6 Å². The molecule has 1 aromatic carbocycles. The van der Waals surface area contributed by atoms with Crippen molar-refractivity contribution in [1.29, 1.82) is 0 Å². The molecule has 4 rings (SSSR count). The standard InChI is InChI=1S/C23H31N5O/c24-23(29)21-16-25-17-22(26-21)28-14-9-20(10-15-28)19-7-12-27(13-8-19)11-6-18-4-2-1-3-5-18/h1-5,16-17,19-20H,6-15H2,(H2,24,29). The van der Waals surface area contributed by atoms with Crippen LogP contribution in [0.5, 0.6) is 0 Å². The van der Waals surface area contributed by atoms with Crippen LogP contribution in [0.4, 0.5) is 5.82 Å². The van der Waals surface area contributed by atoms with Crippen molar-refractivity contribution < 1.29 is 4.79 Å². The smallest absolute Gasteiger partial charge is 0.268 e. The van der Waals surface area contributed by atoms with Crippen molar-refractivity contribution in [3.05, 3.63) is 54.0 Å². The van der Waals surface area contributed by atoms with Gasteiger partial charge in [-0.05, 0) is 62.6 Å². The zero-order chi connectivity index (χ0) is 20.1. The Morgan fingerprint density at radius 3 is 2.28 bits per heavy atom. The molecule has 29 heavy (non-hydrogen) atoms. The number of benzene rings is 1. The van der Waals surface area contributed by atoms with Crippen LogP contribution in [0.3, 0.4) is 0 Å². The van der Waals surface area contributed by atoms with Crippen LogP contribution in [-0.2, 0) is 6.42 Å². The number of carbonyl (C=O) groups excluding carboxylic acids is 1. The Bertz CT molecular complexity index is 796. The van der Waals surface area contributed by atoms with Crippen LogP contribution in [0.1, 0.15) is 41.7 Å². The molecule has 0 aliphatic carbocycles. The number of aromatic nitrogens is 2. The molecule has 0 radical (unpaired) electrons. The summed E-state index contributed by atoms with van der Waals surface area (Å²) in [7, 11) is 0. The fraction of sp³-hybridized carbons (Fsp3) is 0.522. The summed E-state index contributed by atoms with van der Waals surface area (Å²) in [4.78, 5) is 24.7. The molecular weight excluding hydrogens is 362 g/mol. The third kappa shape index (κ3) is 5.12. The maximum absolute atomic E-state index is 11.3. The molecule has 6 nitrogen and oxygen atoms in total. The van der Waals surface area contributed by atoms with Crippen LogP contribution in [0.25, 0.3) is 0 Å². The fourth-order valence-electron chi connectivity index (χ4n) is 4.81. The van der Waals surface area contributed by atoms with Crippen LogP contribution >= 0.6 is 0 Å². The van der Waals surface area contributed by atoms with Gasteiger partial charge in [0, 0.05) is 19.6 Å². The molecule has 0 bridgehead atoms. The summed E-state index contributed by atoms with van der Waals surface area (Å²) < 4.78 is 0. The molecule has 2 saturated heterocycles. The molecule has 6 heteroatoms. The lowest BCUT2D eigenvalue weighted by atomic mass is 9.79. The predicted molar refractivity (Wildman–Crippen MR) is 115 cm³/mol. The second-order valence-electron chi connectivity index (χ2n) is 8.37. The topological polar surface area (TPSA) is 75.4 Å². The summed E-state index contributed by atoms with van der Waals surface area (Å²) in [5.41, 5.74) is 7.01. The predicted octanol–water partition coefficient (Wildman–Crippen LogP) is 2.75. The number of hydrogen-bond donors (Lipinski definition) is 1. The van der Waals surface area contributed by atoms with E-state index in [2.05, 4.69) is 50.1 Å². The minimum absolute atomic E-state index is 0.243. The van der Waals surface area contributed by atoms with Gasteiger partial charge in [0.2, 0.25) is 0 Å². The van der Waals surface area contributed by atoms with E-state index in [9.17, 15) is 4.79 Å². The monoisotopic (exact) mass is 393 g/mol. The minimum Gasteiger partial charge on any atom is -0.364 e. The van der Waals surface area contributed by atoms with Crippen molar-refractivity contribution >= 4 is 11.7 Å². The van der Waals surface area contributed by atoms with E-state index >= 15 is 0 Å². The largest absolute Gasteiger partial charge is 0.364 e. The zero-order valence-corrected chi connectivity index (χ0v) is 17.0. The lowest BCUT2D eigenvalue weighted by Gasteiger charge is -2.40. The number of nitrogens with zero attached hydrogens (tertiary/aromatic N) is 4. The molecule has 0 saturated carbocycles. The molecule has 1 aromatic heterocycles. The van der Waals surface area contributed by atoms with Gasteiger partial charge >= 0.3 is 0 Å². The first kappa shape index (κ1) is 19.8. The van der Waals surface area contributed by atoms with Gasteiger partial charge in [-0.15, -0.1) is 0 Å². The Morgan fingerprint density at radius 1 is 0.966 bits per heavy atom. The average Bonchev–Trinajstić information content (AvgIpc) is 2.79. The zero-order valence-electron chi connectivity index (χ0n) is 17.0. The molecule has 154 valence electrons. The van der Waals surface area contributed by atoms with E-state index < -0.39 is 5.91 Å². The third-order valence-electron chi connectivity index (χ3n) is 6.60. The molecule has 3 heterocycles. The van der Waals surface area contributed by atoms with Gasteiger partial charge in [-0.25, -0.2) is 4.98 Å². The lowest BCUT2D eigenvalue weighted by Crippen LogP contribution is -2.41. The number of piperidine rings is 2. The van der Waals surface area contributed by atoms with Crippen LogP contribution in [0.2, 0.25) is 0 Å². The number of likely N-dealkylation sites (tertiary alicyclic amines) is 1. The number of carbonyl (C=O) groups is 1. The molecule has 0 unspecified atom stereocenters. The Balaban J connectivity index is 1.22. The molecule has 0 atom stereocenters. The summed E-state index contributed by atoms with van der Waals surface area (Å²) in [6.45, 7) is 5.59. The highest BCUT2D eigenvalue weighted by Crippen LogP contribution is 2.33. The molecule has 2 aliphatic heterocycles. The maximum Gasteiger partial charge on any atom is 0.268 e. The van der Waals surface area contributed by atoms with E-state index in [1.54, 1.807) is 6.20 Å². The number of amides is 1. The quantitative estimate of drug-likeness (QED) is 0.817.